The lowest BCUT2D eigenvalue weighted by atomic mass is 10.2. The van der Waals surface area contributed by atoms with E-state index < -0.39 is 47.4 Å². The lowest BCUT2D eigenvalue weighted by Gasteiger charge is -2.39. The molecule has 2 saturated heterocycles. The highest BCUT2D eigenvalue weighted by atomic mass is 31.2. The predicted molar refractivity (Wildman–Crippen MR) is 110 cm³/mol. The molecule has 0 aromatic rings. The highest BCUT2D eigenvalue weighted by molar-refractivity contribution is 7.54. The Bertz CT molecular complexity index is 632. The highest BCUT2D eigenvalue weighted by Crippen LogP contribution is 2.51. The van der Waals surface area contributed by atoms with Crippen molar-refractivity contribution in [2.75, 3.05) is 25.9 Å². The van der Waals surface area contributed by atoms with Crippen molar-refractivity contribution >= 4 is 15.9 Å². The van der Waals surface area contributed by atoms with E-state index in [1.807, 2.05) is 0 Å². The van der Waals surface area contributed by atoms with Gasteiger partial charge in [-0.2, -0.15) is 0 Å². The van der Waals surface area contributed by atoms with Gasteiger partial charge in [0.15, 0.2) is 8.32 Å². The van der Waals surface area contributed by atoms with E-state index in [-0.39, 0.29) is 37.2 Å². The van der Waals surface area contributed by atoms with E-state index in [1.165, 1.54) is 6.08 Å². The molecule has 0 aromatic heterocycles. The van der Waals surface area contributed by atoms with E-state index >= 15 is 0 Å². The Hall–Kier alpha value is -0.0131. The topological polar surface area (TPSA) is 63.2 Å². The summed E-state index contributed by atoms with van der Waals surface area (Å²) in [7, 11) is -5.65. The van der Waals surface area contributed by atoms with Crippen LogP contribution in [0.4, 0.5) is 0 Å². The molecule has 2 fully saturated rings. The van der Waals surface area contributed by atoms with Crippen molar-refractivity contribution in [3.05, 3.63) is 12.7 Å². The summed E-state index contributed by atoms with van der Waals surface area (Å²) in [6.07, 6.45) is 0.0783. The smallest absolute Gasteiger partial charge is 0.334 e. The van der Waals surface area contributed by atoms with Gasteiger partial charge >= 0.3 is 7.60 Å². The van der Waals surface area contributed by atoms with Crippen LogP contribution in [0.5, 0.6) is 0 Å². The van der Waals surface area contributed by atoms with Crippen molar-refractivity contribution in [1.29, 1.82) is 0 Å². The van der Waals surface area contributed by atoms with Gasteiger partial charge in [-0.05, 0) is 31.5 Å². The van der Waals surface area contributed by atoms with E-state index in [0.29, 0.717) is 6.42 Å². The van der Waals surface area contributed by atoms with Gasteiger partial charge in [-0.1, -0.05) is 26.8 Å². The number of ether oxygens (including phenoxy) is 2. The minimum absolute atomic E-state index is 0.00165. The second kappa shape index (κ2) is 9.20. The first-order chi connectivity index (χ1) is 13.8. The Morgan fingerprint density at radius 1 is 1.33 bits per heavy atom. The number of hydrogen-bond acceptors (Lipinski definition) is 6. The van der Waals surface area contributed by atoms with Crippen LogP contribution in [0, 0.1) is 0 Å². The summed E-state index contributed by atoms with van der Waals surface area (Å²) in [6, 6.07) is 0. The van der Waals surface area contributed by atoms with Gasteiger partial charge in [0.2, 0.25) is 0 Å². The lowest BCUT2D eigenvalue weighted by molar-refractivity contribution is 0.00478. The second-order valence-corrected chi connectivity index (χ2v) is 15.4. The van der Waals surface area contributed by atoms with Gasteiger partial charge in [-0.25, -0.2) is 0 Å². The zero-order valence-electron chi connectivity index (χ0n) is 20.2. The van der Waals surface area contributed by atoms with Crippen molar-refractivity contribution in [3.63, 3.8) is 0 Å². The summed E-state index contributed by atoms with van der Waals surface area (Å²) in [6.45, 7) is 12.8. The molecule has 0 amide bonds. The first-order valence-electron chi connectivity index (χ1n) is 11.3. The average molecular weight is 426 g/mol. The van der Waals surface area contributed by atoms with E-state index in [9.17, 15) is 4.57 Å². The Labute approximate surface area is 169 Å². The van der Waals surface area contributed by atoms with E-state index in [0.717, 1.165) is 0 Å². The molecule has 7 atom stereocenters. The van der Waals surface area contributed by atoms with Crippen molar-refractivity contribution in [3.8, 4) is 0 Å². The fourth-order valence-corrected chi connectivity index (χ4v) is 5.58. The quantitative estimate of drug-likeness (QED) is 0.302. The highest BCUT2D eigenvalue weighted by Gasteiger charge is 2.43. The molecule has 2 aliphatic rings. The first kappa shape index (κ1) is 19.0. The standard InChI is InChI=1S/C19H37O6PSi/c1-8-13-26(20,24-16-9-11-21-15(16)2)23-14-18-17(10-12-22-18)25-27(6,7)19(3,4)5/h8,15-18H,1,9-14H2,2-7H3/t15-,16-,17-,18-,26-/m1/s1/i2D,11T,12T/t11-,12-,15+,16+,17+,18+,26+/m0. The molecule has 6 nitrogen and oxygen atoms in total. The van der Waals surface area contributed by atoms with E-state index in [2.05, 4.69) is 40.4 Å². The molecule has 2 heterocycles. The van der Waals surface area contributed by atoms with E-state index in [4.69, 9.17) is 27.1 Å². The van der Waals surface area contributed by atoms with Crippen molar-refractivity contribution in [2.45, 2.75) is 83.1 Å². The molecule has 2 rings (SSSR count). The molecule has 0 N–H and O–H groups in total. The van der Waals surface area contributed by atoms with Gasteiger partial charge in [-0.15, -0.1) is 6.58 Å². The Balaban J connectivity index is 2.04. The summed E-state index contributed by atoms with van der Waals surface area (Å²) in [5, 5.41) is 0.0142. The number of allylic oxidation sites excluding steroid dienone is 1. The van der Waals surface area contributed by atoms with Gasteiger partial charge in [0, 0.05) is 21.0 Å². The lowest BCUT2D eigenvalue weighted by Crippen LogP contribution is -2.46. The molecule has 0 bridgehead atoms. The SMILES string of the molecule is [2H]C[C@H]1O[C@@H]([3H])C[C@H]1O[P@@](=O)(CC=C)OC[C@H]1O[C@@H]([3H])C[C@H]1O[Si](C)(C)C(C)(C)C. The zero-order valence-corrected chi connectivity index (χ0v) is 19.1. The molecule has 27 heavy (non-hydrogen) atoms. The molecule has 0 radical (unpaired) electrons. The van der Waals surface area contributed by atoms with Gasteiger partial charge in [0.05, 0.1) is 33.8 Å². The molecular weight excluding hydrogens is 383 g/mol. The second-order valence-electron chi connectivity index (χ2n) is 8.59. The molecule has 0 unspecified atom stereocenters. The third kappa shape index (κ3) is 6.23. The fourth-order valence-electron chi connectivity index (χ4n) is 2.64. The maximum atomic E-state index is 13.3. The average Bonchev–Trinajstić information content (AvgIpc) is 3.13. The van der Waals surface area contributed by atoms with Crippen LogP contribution in [0.25, 0.3) is 0 Å². The minimum Gasteiger partial charge on any atom is -0.411 e. The van der Waals surface area contributed by atoms with Gasteiger partial charge in [0.25, 0.3) is 0 Å². The molecule has 0 saturated carbocycles. The number of rotatable bonds is 9. The van der Waals surface area contributed by atoms with Crippen LogP contribution in [0.2, 0.25) is 18.1 Å². The molecular formula is C19H37O6PSi. The van der Waals surface area contributed by atoms with Crippen LogP contribution >= 0.6 is 7.60 Å². The maximum absolute atomic E-state index is 13.3. The van der Waals surface area contributed by atoms with Crippen LogP contribution in [-0.2, 0) is 27.5 Å². The molecule has 0 aromatic carbocycles. The Morgan fingerprint density at radius 2 is 2.00 bits per heavy atom. The van der Waals surface area contributed by atoms with Crippen LogP contribution < -0.4 is 0 Å². The summed E-state index contributed by atoms with van der Waals surface area (Å²) in [5.74, 6) is 0. The molecule has 0 aliphatic carbocycles. The van der Waals surface area contributed by atoms with Gasteiger partial charge in [-0.3, -0.25) is 4.57 Å². The monoisotopic (exact) mass is 425 g/mol. The third-order valence-electron chi connectivity index (χ3n) is 5.36. The maximum Gasteiger partial charge on any atom is 0.334 e. The summed E-state index contributed by atoms with van der Waals surface area (Å²) >= 11 is 0. The van der Waals surface area contributed by atoms with Crippen LogP contribution in [0.1, 0.15) is 44.6 Å². The molecule has 8 heteroatoms. The molecule has 158 valence electrons. The molecule has 0 spiro atoms. The van der Waals surface area contributed by atoms with Crippen LogP contribution in [0.3, 0.4) is 0 Å². The summed E-state index contributed by atoms with van der Waals surface area (Å²) < 4.78 is 65.6. The first-order valence-corrected chi connectivity index (χ1v) is 14.1. The Kier molecular flexibility index (Phi) is 6.47. The van der Waals surface area contributed by atoms with Crippen LogP contribution in [0.15, 0.2) is 12.7 Å². The van der Waals surface area contributed by atoms with Gasteiger partial charge in [0.1, 0.15) is 6.10 Å². The largest absolute Gasteiger partial charge is 0.411 e. The van der Waals surface area contributed by atoms with Crippen LogP contribution in [-0.4, -0.2) is 58.7 Å². The van der Waals surface area contributed by atoms with Crippen molar-refractivity contribution < 1.29 is 31.6 Å². The predicted octanol–water partition coefficient (Wildman–Crippen LogP) is 4.76. The third-order valence-corrected chi connectivity index (χ3v) is 11.7. The Morgan fingerprint density at radius 3 is 2.63 bits per heavy atom. The number of hydrogen-bond donors (Lipinski definition) is 0. The summed E-state index contributed by atoms with van der Waals surface area (Å²) in [5.41, 5.74) is 0. The minimum atomic E-state index is -3.58. The van der Waals surface area contributed by atoms with Crippen molar-refractivity contribution in [2.24, 2.45) is 0 Å². The van der Waals surface area contributed by atoms with E-state index in [1.54, 1.807) is 0 Å². The van der Waals surface area contributed by atoms with Gasteiger partial charge < -0.3 is 22.9 Å². The fraction of sp³-hybridized carbons (Fsp3) is 0.895. The zero-order chi connectivity index (χ0) is 22.7. The molecule has 2 aliphatic heterocycles. The summed E-state index contributed by atoms with van der Waals surface area (Å²) in [4.78, 5) is 0. The van der Waals surface area contributed by atoms with Crippen molar-refractivity contribution in [1.82, 2.24) is 0 Å². The normalized spacial score (nSPS) is 38.8.